The summed E-state index contributed by atoms with van der Waals surface area (Å²) in [6, 6.07) is 0. The predicted molar refractivity (Wildman–Crippen MR) is 81.0 cm³/mol. The van der Waals surface area contributed by atoms with Gasteiger partial charge in [0.25, 0.3) is 0 Å². The van der Waals surface area contributed by atoms with Gasteiger partial charge in [0.2, 0.25) is 5.91 Å². The molecule has 0 saturated heterocycles. The van der Waals surface area contributed by atoms with Gasteiger partial charge in [-0.15, -0.1) is 23.1 Å². The Hall–Kier alpha value is -1.14. The molecule has 0 unspecified atom stereocenters. The van der Waals surface area contributed by atoms with Crippen LogP contribution in [0.5, 0.6) is 0 Å². The zero-order valence-electron chi connectivity index (χ0n) is 11.5. The summed E-state index contributed by atoms with van der Waals surface area (Å²) in [7, 11) is 0. The number of amides is 1. The van der Waals surface area contributed by atoms with E-state index in [2.05, 4.69) is 29.1 Å². The predicted octanol–water partition coefficient (Wildman–Crippen LogP) is 2.84. The first-order chi connectivity index (χ1) is 8.99. The molecule has 2 heterocycles. The Morgan fingerprint density at radius 2 is 2.05 bits per heavy atom. The molecular formula is C13H17N3OS2. The van der Waals surface area contributed by atoms with Crippen LogP contribution < -0.4 is 5.32 Å². The molecule has 0 spiro atoms. The maximum Gasteiger partial charge on any atom is 0.216 e. The van der Waals surface area contributed by atoms with E-state index in [0.717, 1.165) is 21.4 Å². The minimum Gasteiger partial charge on any atom is -0.356 e. The standard InChI is InChI=1S/C13H17N3OS2/c1-7-8(2)19-13-11(7)12(15-9(3)16-13)18-6-5-14-10(4)17/h5-6H2,1-4H3,(H,14,17). The number of rotatable bonds is 4. The van der Waals surface area contributed by atoms with E-state index < -0.39 is 0 Å². The number of fused-ring (bicyclic) bond motifs is 1. The third-order valence-electron chi connectivity index (χ3n) is 2.82. The molecule has 0 bridgehead atoms. The molecule has 0 atom stereocenters. The first-order valence-corrected chi connectivity index (χ1v) is 7.91. The van der Waals surface area contributed by atoms with Gasteiger partial charge in [0.1, 0.15) is 15.7 Å². The topological polar surface area (TPSA) is 54.9 Å². The van der Waals surface area contributed by atoms with Gasteiger partial charge in [-0.3, -0.25) is 4.79 Å². The summed E-state index contributed by atoms with van der Waals surface area (Å²) in [4.78, 5) is 22.2. The third kappa shape index (κ3) is 3.25. The lowest BCUT2D eigenvalue weighted by atomic mass is 10.2. The Balaban J connectivity index is 2.24. The number of nitrogens with zero attached hydrogens (tertiary/aromatic N) is 2. The molecule has 4 nitrogen and oxygen atoms in total. The van der Waals surface area contributed by atoms with Crippen molar-refractivity contribution in [2.24, 2.45) is 0 Å². The number of carbonyl (C=O) groups excluding carboxylic acids is 1. The number of thioether (sulfide) groups is 1. The first kappa shape index (κ1) is 14.3. The molecule has 0 fully saturated rings. The minimum atomic E-state index is 0.00664. The summed E-state index contributed by atoms with van der Waals surface area (Å²) in [6.45, 7) is 8.34. The van der Waals surface area contributed by atoms with Crippen molar-refractivity contribution in [3.63, 3.8) is 0 Å². The summed E-state index contributed by atoms with van der Waals surface area (Å²) in [6.07, 6.45) is 0. The van der Waals surface area contributed by atoms with E-state index >= 15 is 0 Å². The van der Waals surface area contributed by atoms with Crippen LogP contribution in [0.15, 0.2) is 5.03 Å². The van der Waals surface area contributed by atoms with E-state index in [0.29, 0.717) is 6.54 Å². The van der Waals surface area contributed by atoms with Gasteiger partial charge < -0.3 is 5.32 Å². The molecule has 0 aliphatic carbocycles. The fraction of sp³-hybridized carbons (Fsp3) is 0.462. The fourth-order valence-corrected chi connectivity index (χ4v) is 3.92. The molecule has 2 aromatic rings. The molecule has 1 N–H and O–H groups in total. The van der Waals surface area contributed by atoms with Crippen LogP contribution in [-0.4, -0.2) is 28.2 Å². The van der Waals surface area contributed by atoms with E-state index in [1.165, 1.54) is 22.8 Å². The Morgan fingerprint density at radius 3 is 2.74 bits per heavy atom. The zero-order valence-corrected chi connectivity index (χ0v) is 13.2. The number of hydrogen-bond acceptors (Lipinski definition) is 5. The van der Waals surface area contributed by atoms with Crippen molar-refractivity contribution in [3.8, 4) is 0 Å². The van der Waals surface area contributed by atoms with Gasteiger partial charge in [-0.2, -0.15) is 0 Å². The largest absolute Gasteiger partial charge is 0.356 e. The van der Waals surface area contributed by atoms with Gasteiger partial charge in [-0.05, 0) is 26.3 Å². The molecule has 0 radical (unpaired) electrons. The highest BCUT2D eigenvalue weighted by molar-refractivity contribution is 7.99. The maximum absolute atomic E-state index is 10.8. The lowest BCUT2D eigenvalue weighted by molar-refractivity contribution is -0.118. The molecule has 2 rings (SSSR count). The molecule has 6 heteroatoms. The van der Waals surface area contributed by atoms with Crippen molar-refractivity contribution in [2.75, 3.05) is 12.3 Å². The van der Waals surface area contributed by atoms with Gasteiger partial charge >= 0.3 is 0 Å². The van der Waals surface area contributed by atoms with Gasteiger partial charge in [-0.25, -0.2) is 9.97 Å². The molecule has 0 aromatic carbocycles. The van der Waals surface area contributed by atoms with E-state index in [9.17, 15) is 4.79 Å². The lowest BCUT2D eigenvalue weighted by Gasteiger charge is -2.05. The molecule has 0 aliphatic rings. The van der Waals surface area contributed by atoms with Crippen molar-refractivity contribution in [3.05, 3.63) is 16.3 Å². The SMILES string of the molecule is CC(=O)NCCSc1nc(C)nc2sc(C)c(C)c12. The smallest absolute Gasteiger partial charge is 0.216 e. The van der Waals surface area contributed by atoms with Gasteiger partial charge in [0.15, 0.2) is 0 Å². The molecule has 1 amide bonds. The Labute approximate surface area is 121 Å². The second-order valence-corrected chi connectivity index (χ2v) is 6.66. The van der Waals surface area contributed by atoms with Crippen molar-refractivity contribution < 1.29 is 4.79 Å². The van der Waals surface area contributed by atoms with E-state index in [-0.39, 0.29) is 5.91 Å². The van der Waals surface area contributed by atoms with Crippen LogP contribution in [0, 0.1) is 20.8 Å². The zero-order chi connectivity index (χ0) is 14.0. The second-order valence-electron chi connectivity index (χ2n) is 4.37. The summed E-state index contributed by atoms with van der Waals surface area (Å²) in [5.41, 5.74) is 1.27. The third-order valence-corrected chi connectivity index (χ3v) is 4.90. The summed E-state index contributed by atoms with van der Waals surface area (Å²) < 4.78 is 0. The fourth-order valence-electron chi connectivity index (χ4n) is 1.79. The monoisotopic (exact) mass is 295 g/mol. The molecule has 19 heavy (non-hydrogen) atoms. The van der Waals surface area contributed by atoms with E-state index in [1.807, 2.05) is 6.92 Å². The Morgan fingerprint density at radius 1 is 1.32 bits per heavy atom. The number of aromatic nitrogens is 2. The van der Waals surface area contributed by atoms with E-state index in [4.69, 9.17) is 0 Å². The number of aryl methyl sites for hydroxylation is 3. The summed E-state index contributed by atoms with van der Waals surface area (Å²) >= 11 is 3.39. The molecule has 0 saturated carbocycles. The highest BCUT2D eigenvalue weighted by Crippen LogP contribution is 2.34. The van der Waals surface area contributed by atoms with Crippen LogP contribution in [0.25, 0.3) is 10.2 Å². The number of nitrogens with one attached hydrogen (secondary N) is 1. The number of hydrogen-bond donors (Lipinski definition) is 1. The second kappa shape index (κ2) is 5.88. The molecule has 0 aliphatic heterocycles. The number of carbonyl (C=O) groups is 1. The van der Waals surface area contributed by atoms with Crippen molar-refractivity contribution in [1.29, 1.82) is 0 Å². The highest BCUT2D eigenvalue weighted by Gasteiger charge is 2.13. The number of thiophene rings is 1. The van der Waals surface area contributed by atoms with Crippen LogP contribution in [0.2, 0.25) is 0 Å². The van der Waals surface area contributed by atoms with Crippen LogP contribution in [0.4, 0.5) is 0 Å². The first-order valence-electron chi connectivity index (χ1n) is 6.10. The van der Waals surface area contributed by atoms with Crippen molar-refractivity contribution >= 4 is 39.2 Å². The average molecular weight is 295 g/mol. The average Bonchev–Trinajstić information content (AvgIpc) is 2.60. The van der Waals surface area contributed by atoms with Crippen molar-refractivity contribution in [2.45, 2.75) is 32.7 Å². The Bertz CT molecular complexity index is 622. The van der Waals surface area contributed by atoms with Gasteiger partial charge in [-0.1, -0.05) is 0 Å². The van der Waals surface area contributed by atoms with E-state index in [1.54, 1.807) is 23.1 Å². The van der Waals surface area contributed by atoms with Crippen LogP contribution in [-0.2, 0) is 4.79 Å². The normalized spacial score (nSPS) is 10.9. The maximum atomic E-state index is 10.8. The summed E-state index contributed by atoms with van der Waals surface area (Å²) in [5.74, 6) is 1.63. The quantitative estimate of drug-likeness (QED) is 0.535. The van der Waals surface area contributed by atoms with Crippen LogP contribution in [0.3, 0.4) is 0 Å². The van der Waals surface area contributed by atoms with Crippen LogP contribution >= 0.6 is 23.1 Å². The van der Waals surface area contributed by atoms with Gasteiger partial charge in [0, 0.05) is 29.5 Å². The highest BCUT2D eigenvalue weighted by atomic mass is 32.2. The lowest BCUT2D eigenvalue weighted by Crippen LogP contribution is -2.22. The summed E-state index contributed by atoms with van der Waals surface area (Å²) in [5, 5.41) is 4.99. The minimum absolute atomic E-state index is 0.00664. The molecule has 102 valence electrons. The molecule has 2 aromatic heterocycles. The van der Waals surface area contributed by atoms with Gasteiger partial charge in [0.05, 0.1) is 0 Å². The Kier molecular flexibility index (Phi) is 4.42. The molecular weight excluding hydrogens is 278 g/mol. The van der Waals surface area contributed by atoms with Crippen LogP contribution in [0.1, 0.15) is 23.2 Å². The van der Waals surface area contributed by atoms with Crippen molar-refractivity contribution in [1.82, 2.24) is 15.3 Å².